The maximum atomic E-state index is 11.5. The zero-order valence-corrected chi connectivity index (χ0v) is 16.7. The van der Waals surface area contributed by atoms with Crippen LogP contribution in [0.1, 0.15) is 26.2 Å². The van der Waals surface area contributed by atoms with Crippen LogP contribution in [0, 0.1) is 5.92 Å². The molecule has 22 heavy (non-hydrogen) atoms. The molecule has 6 nitrogen and oxygen atoms in total. The van der Waals surface area contributed by atoms with E-state index in [4.69, 9.17) is 0 Å². The molecule has 0 bridgehead atoms. The molecule has 2 heterocycles. The summed E-state index contributed by atoms with van der Waals surface area (Å²) in [6, 6.07) is -0.00274. The Morgan fingerprint density at radius 1 is 1.27 bits per heavy atom. The molecule has 0 saturated carbocycles. The third-order valence-electron chi connectivity index (χ3n) is 4.39. The highest BCUT2D eigenvalue weighted by Gasteiger charge is 2.28. The maximum Gasteiger partial charge on any atom is 0.191 e. The number of rotatable bonds is 4. The molecule has 2 aliphatic heterocycles. The van der Waals surface area contributed by atoms with Crippen LogP contribution in [0.5, 0.6) is 0 Å². The Kier molecular flexibility index (Phi) is 8.40. The Bertz CT molecular complexity index is 461. The standard InChI is InChI=1S/C14H28N4O2S.HI/c1-12-3-7-18(8-4-12)9-6-16-14(15-2)17-13-5-10-21(19,20)11-13;/h12-13H,3-11H2,1-2H3,(H2,15,16,17);1H. The van der Waals surface area contributed by atoms with Crippen LogP contribution in [0.2, 0.25) is 0 Å². The molecule has 8 heteroatoms. The normalized spacial score (nSPS) is 26.5. The molecule has 2 saturated heterocycles. The quantitative estimate of drug-likeness (QED) is 0.379. The largest absolute Gasteiger partial charge is 0.355 e. The highest BCUT2D eigenvalue weighted by Crippen LogP contribution is 2.15. The van der Waals surface area contributed by atoms with E-state index in [-0.39, 0.29) is 41.5 Å². The SMILES string of the molecule is CN=C(NCCN1CCC(C)CC1)NC1CCS(=O)(=O)C1.I. The number of nitrogens with zero attached hydrogens (tertiary/aromatic N) is 2. The van der Waals surface area contributed by atoms with Crippen molar-refractivity contribution < 1.29 is 8.42 Å². The van der Waals surface area contributed by atoms with Gasteiger partial charge in [0.2, 0.25) is 0 Å². The van der Waals surface area contributed by atoms with Gasteiger partial charge in [-0.3, -0.25) is 4.99 Å². The lowest BCUT2D eigenvalue weighted by atomic mass is 9.99. The van der Waals surface area contributed by atoms with E-state index in [0.29, 0.717) is 12.4 Å². The summed E-state index contributed by atoms with van der Waals surface area (Å²) in [5.74, 6) is 2.07. The Morgan fingerprint density at radius 3 is 2.50 bits per heavy atom. The third-order valence-corrected chi connectivity index (χ3v) is 6.16. The average molecular weight is 444 g/mol. The van der Waals surface area contributed by atoms with Gasteiger partial charge in [-0.25, -0.2) is 8.42 Å². The minimum Gasteiger partial charge on any atom is -0.355 e. The van der Waals surface area contributed by atoms with Gasteiger partial charge < -0.3 is 15.5 Å². The van der Waals surface area contributed by atoms with Gasteiger partial charge in [0, 0.05) is 26.2 Å². The molecular weight excluding hydrogens is 415 g/mol. The topological polar surface area (TPSA) is 73.8 Å². The fourth-order valence-electron chi connectivity index (χ4n) is 2.91. The van der Waals surface area contributed by atoms with Crippen LogP contribution < -0.4 is 10.6 Å². The van der Waals surface area contributed by atoms with Gasteiger partial charge >= 0.3 is 0 Å². The van der Waals surface area contributed by atoms with Crippen molar-refractivity contribution in [3.63, 3.8) is 0 Å². The van der Waals surface area contributed by atoms with E-state index in [0.717, 1.165) is 19.0 Å². The number of likely N-dealkylation sites (tertiary alicyclic amines) is 1. The van der Waals surface area contributed by atoms with Gasteiger partial charge in [-0.05, 0) is 38.3 Å². The molecule has 0 radical (unpaired) electrons. The van der Waals surface area contributed by atoms with Crippen LogP contribution in [0.3, 0.4) is 0 Å². The lowest BCUT2D eigenvalue weighted by molar-refractivity contribution is 0.195. The van der Waals surface area contributed by atoms with E-state index >= 15 is 0 Å². The van der Waals surface area contributed by atoms with Gasteiger partial charge in [-0.1, -0.05) is 6.92 Å². The molecule has 1 unspecified atom stereocenters. The van der Waals surface area contributed by atoms with Gasteiger partial charge in [-0.2, -0.15) is 0 Å². The first-order chi connectivity index (χ1) is 9.98. The van der Waals surface area contributed by atoms with Gasteiger partial charge in [0.05, 0.1) is 11.5 Å². The van der Waals surface area contributed by atoms with E-state index in [9.17, 15) is 8.42 Å². The molecule has 0 aromatic heterocycles. The highest BCUT2D eigenvalue weighted by atomic mass is 127. The number of piperidine rings is 1. The van der Waals surface area contributed by atoms with Crippen LogP contribution in [0.15, 0.2) is 4.99 Å². The zero-order chi connectivity index (χ0) is 15.3. The summed E-state index contributed by atoms with van der Waals surface area (Å²) in [6.07, 6.45) is 3.24. The number of sulfone groups is 1. The predicted octanol–water partition coefficient (Wildman–Crippen LogP) is 0.688. The molecule has 2 fully saturated rings. The number of nitrogens with one attached hydrogen (secondary N) is 2. The smallest absolute Gasteiger partial charge is 0.191 e. The molecule has 0 aromatic carbocycles. The van der Waals surface area contributed by atoms with E-state index in [2.05, 4.69) is 27.4 Å². The molecule has 2 aliphatic rings. The molecular formula is C14H29IN4O2S. The highest BCUT2D eigenvalue weighted by molar-refractivity contribution is 14.0. The number of aliphatic imine (C=N–C) groups is 1. The molecule has 2 rings (SSSR count). The van der Waals surface area contributed by atoms with Gasteiger partial charge in [0.15, 0.2) is 15.8 Å². The number of hydrogen-bond donors (Lipinski definition) is 2. The van der Waals surface area contributed by atoms with E-state index in [1.807, 2.05) is 0 Å². The first-order valence-electron chi connectivity index (χ1n) is 7.88. The molecule has 0 spiro atoms. The van der Waals surface area contributed by atoms with Crippen molar-refractivity contribution >= 4 is 39.8 Å². The maximum absolute atomic E-state index is 11.5. The lowest BCUT2D eigenvalue weighted by Gasteiger charge is -2.30. The monoisotopic (exact) mass is 444 g/mol. The van der Waals surface area contributed by atoms with E-state index < -0.39 is 9.84 Å². The summed E-state index contributed by atoms with van der Waals surface area (Å²) in [5, 5.41) is 6.49. The Labute approximate surface area is 151 Å². The first-order valence-corrected chi connectivity index (χ1v) is 9.70. The summed E-state index contributed by atoms with van der Waals surface area (Å²) in [4.78, 5) is 6.65. The summed E-state index contributed by atoms with van der Waals surface area (Å²) in [7, 11) is -1.12. The van der Waals surface area contributed by atoms with Crippen LogP contribution in [-0.2, 0) is 9.84 Å². The van der Waals surface area contributed by atoms with Crippen molar-refractivity contribution in [3.8, 4) is 0 Å². The number of guanidine groups is 1. The molecule has 2 N–H and O–H groups in total. The minimum atomic E-state index is -2.85. The number of hydrogen-bond acceptors (Lipinski definition) is 4. The van der Waals surface area contributed by atoms with Gasteiger partial charge in [0.25, 0.3) is 0 Å². The van der Waals surface area contributed by atoms with Crippen molar-refractivity contribution in [3.05, 3.63) is 0 Å². The summed E-state index contributed by atoms with van der Waals surface area (Å²) in [6.45, 7) is 6.52. The van der Waals surface area contributed by atoms with Crippen LogP contribution in [0.4, 0.5) is 0 Å². The van der Waals surface area contributed by atoms with Crippen molar-refractivity contribution in [2.45, 2.75) is 32.2 Å². The molecule has 1 atom stereocenters. The summed E-state index contributed by atoms with van der Waals surface area (Å²) in [5.41, 5.74) is 0. The Balaban J connectivity index is 0.00000242. The van der Waals surface area contributed by atoms with Crippen molar-refractivity contribution in [2.75, 3.05) is 44.7 Å². The van der Waals surface area contributed by atoms with Gasteiger partial charge in [0.1, 0.15) is 0 Å². The second-order valence-corrected chi connectivity index (χ2v) is 8.50. The summed E-state index contributed by atoms with van der Waals surface area (Å²) >= 11 is 0. The molecule has 130 valence electrons. The molecule has 0 aliphatic carbocycles. The van der Waals surface area contributed by atoms with E-state index in [1.54, 1.807) is 7.05 Å². The predicted molar refractivity (Wildman–Crippen MR) is 102 cm³/mol. The molecule has 0 amide bonds. The van der Waals surface area contributed by atoms with Crippen molar-refractivity contribution in [2.24, 2.45) is 10.9 Å². The minimum absolute atomic E-state index is 0. The average Bonchev–Trinajstić information content (AvgIpc) is 2.79. The third kappa shape index (κ3) is 6.57. The van der Waals surface area contributed by atoms with Crippen molar-refractivity contribution in [1.82, 2.24) is 15.5 Å². The van der Waals surface area contributed by atoms with Gasteiger partial charge in [-0.15, -0.1) is 24.0 Å². The van der Waals surface area contributed by atoms with Crippen molar-refractivity contribution in [1.29, 1.82) is 0 Å². The first kappa shape index (κ1) is 20.0. The lowest BCUT2D eigenvalue weighted by Crippen LogP contribution is -2.46. The number of halogens is 1. The second kappa shape index (κ2) is 9.27. The second-order valence-electron chi connectivity index (χ2n) is 6.27. The van der Waals surface area contributed by atoms with E-state index in [1.165, 1.54) is 25.9 Å². The van der Waals surface area contributed by atoms with Crippen LogP contribution in [-0.4, -0.2) is 70.1 Å². The molecule has 0 aromatic rings. The Hall–Kier alpha value is -0.0900. The van der Waals surface area contributed by atoms with Crippen LogP contribution in [0.25, 0.3) is 0 Å². The summed E-state index contributed by atoms with van der Waals surface area (Å²) < 4.78 is 22.9. The Morgan fingerprint density at radius 2 is 1.95 bits per heavy atom. The fourth-order valence-corrected chi connectivity index (χ4v) is 4.59. The van der Waals surface area contributed by atoms with Crippen LogP contribution >= 0.6 is 24.0 Å². The zero-order valence-electron chi connectivity index (χ0n) is 13.5. The fraction of sp³-hybridized carbons (Fsp3) is 0.929.